The van der Waals surface area contributed by atoms with Gasteiger partial charge in [0.1, 0.15) is 12.4 Å². The Morgan fingerprint density at radius 2 is 1.71 bits per heavy atom. The number of benzene rings is 2. The lowest BCUT2D eigenvalue weighted by atomic mass is 10.1. The largest absolute Gasteiger partial charge is 0.489 e. The molecule has 0 saturated carbocycles. The van der Waals surface area contributed by atoms with Crippen LogP contribution >= 0.6 is 0 Å². The lowest BCUT2D eigenvalue weighted by Gasteiger charge is -2.11. The van der Waals surface area contributed by atoms with E-state index in [1.807, 2.05) is 25.1 Å². The number of nitrogens with two attached hydrogens (primary N) is 1. The Hall–Kier alpha value is -2.01. The first kappa shape index (κ1) is 15.4. The first-order valence-corrected chi connectivity index (χ1v) is 6.48. The molecule has 0 bridgehead atoms. The number of alkyl halides is 3. The van der Waals surface area contributed by atoms with Gasteiger partial charge in [-0.25, -0.2) is 0 Å². The summed E-state index contributed by atoms with van der Waals surface area (Å²) in [5, 5.41) is 0. The zero-order chi connectivity index (χ0) is 15.5. The zero-order valence-corrected chi connectivity index (χ0v) is 11.6. The molecule has 2 aromatic rings. The monoisotopic (exact) mass is 295 g/mol. The van der Waals surface area contributed by atoms with Crippen molar-refractivity contribution in [3.8, 4) is 5.75 Å². The number of aryl methyl sites for hydroxylation is 1. The average molecular weight is 295 g/mol. The van der Waals surface area contributed by atoms with Crippen LogP contribution in [-0.2, 0) is 19.3 Å². The molecule has 2 rings (SSSR count). The molecule has 0 saturated heterocycles. The summed E-state index contributed by atoms with van der Waals surface area (Å²) in [6.07, 6.45) is -4.33. The summed E-state index contributed by atoms with van der Waals surface area (Å²) in [7, 11) is 0. The van der Waals surface area contributed by atoms with Gasteiger partial charge in [-0.1, -0.05) is 18.2 Å². The van der Waals surface area contributed by atoms with Crippen molar-refractivity contribution >= 4 is 0 Å². The van der Waals surface area contributed by atoms with Crippen LogP contribution in [-0.4, -0.2) is 0 Å². The van der Waals surface area contributed by atoms with E-state index in [1.165, 1.54) is 12.1 Å². The Morgan fingerprint density at radius 1 is 1.05 bits per heavy atom. The topological polar surface area (TPSA) is 35.2 Å². The van der Waals surface area contributed by atoms with Gasteiger partial charge in [-0.2, -0.15) is 13.2 Å². The molecule has 0 spiro atoms. The van der Waals surface area contributed by atoms with Crippen molar-refractivity contribution in [3.05, 3.63) is 64.7 Å². The maximum Gasteiger partial charge on any atom is 0.416 e. The van der Waals surface area contributed by atoms with Crippen molar-refractivity contribution < 1.29 is 17.9 Å². The van der Waals surface area contributed by atoms with E-state index < -0.39 is 11.7 Å². The molecular formula is C16H16F3NO. The predicted octanol–water partition coefficient (Wildman–Crippen LogP) is 4.05. The lowest BCUT2D eigenvalue weighted by molar-refractivity contribution is -0.137. The maximum absolute atomic E-state index is 12.4. The van der Waals surface area contributed by atoms with Gasteiger partial charge in [0.05, 0.1) is 5.56 Å². The lowest BCUT2D eigenvalue weighted by Crippen LogP contribution is -2.05. The minimum atomic E-state index is -4.33. The number of halogens is 3. The molecule has 0 aromatic heterocycles. The summed E-state index contributed by atoms with van der Waals surface area (Å²) in [5.41, 5.74) is 7.94. The van der Waals surface area contributed by atoms with E-state index >= 15 is 0 Å². The van der Waals surface area contributed by atoms with Crippen molar-refractivity contribution in [3.63, 3.8) is 0 Å². The van der Waals surface area contributed by atoms with Gasteiger partial charge in [0.15, 0.2) is 0 Å². The van der Waals surface area contributed by atoms with Crippen LogP contribution < -0.4 is 10.5 Å². The van der Waals surface area contributed by atoms with Gasteiger partial charge in [-0.15, -0.1) is 0 Å². The van der Waals surface area contributed by atoms with E-state index in [0.717, 1.165) is 28.8 Å². The molecule has 0 fully saturated rings. The second kappa shape index (κ2) is 6.18. The fourth-order valence-electron chi connectivity index (χ4n) is 1.95. The third-order valence-electron chi connectivity index (χ3n) is 3.22. The quantitative estimate of drug-likeness (QED) is 0.923. The predicted molar refractivity (Wildman–Crippen MR) is 74.8 cm³/mol. The van der Waals surface area contributed by atoms with Crippen LogP contribution in [0.15, 0.2) is 42.5 Å². The normalized spacial score (nSPS) is 11.5. The SMILES string of the molecule is Cc1cc(CN)ccc1COc1ccc(C(F)(F)F)cc1. The van der Waals surface area contributed by atoms with Crippen molar-refractivity contribution in [2.24, 2.45) is 5.73 Å². The minimum Gasteiger partial charge on any atom is -0.489 e. The summed E-state index contributed by atoms with van der Waals surface area (Å²) >= 11 is 0. The molecule has 21 heavy (non-hydrogen) atoms. The summed E-state index contributed by atoms with van der Waals surface area (Å²) in [6, 6.07) is 10.5. The Morgan fingerprint density at radius 3 is 2.24 bits per heavy atom. The Balaban J connectivity index is 2.03. The van der Waals surface area contributed by atoms with E-state index in [1.54, 1.807) is 0 Å². The van der Waals surface area contributed by atoms with Crippen LogP contribution in [0.3, 0.4) is 0 Å². The van der Waals surface area contributed by atoms with Crippen LogP contribution in [0.5, 0.6) is 5.75 Å². The van der Waals surface area contributed by atoms with Crippen LogP contribution in [0.2, 0.25) is 0 Å². The summed E-state index contributed by atoms with van der Waals surface area (Å²) in [6.45, 7) is 2.73. The van der Waals surface area contributed by atoms with Crippen LogP contribution in [0.25, 0.3) is 0 Å². The fourth-order valence-corrected chi connectivity index (χ4v) is 1.95. The van der Waals surface area contributed by atoms with Crippen LogP contribution in [0.4, 0.5) is 13.2 Å². The highest BCUT2D eigenvalue weighted by molar-refractivity contribution is 5.32. The van der Waals surface area contributed by atoms with Crippen molar-refractivity contribution in [1.29, 1.82) is 0 Å². The van der Waals surface area contributed by atoms with Crippen molar-refractivity contribution in [2.75, 3.05) is 0 Å². The van der Waals surface area contributed by atoms with Gasteiger partial charge in [0.25, 0.3) is 0 Å². The third-order valence-corrected chi connectivity index (χ3v) is 3.22. The average Bonchev–Trinajstić information content (AvgIpc) is 2.45. The molecule has 0 radical (unpaired) electrons. The highest BCUT2D eigenvalue weighted by Gasteiger charge is 2.29. The first-order chi connectivity index (χ1) is 9.90. The van der Waals surface area contributed by atoms with Crippen molar-refractivity contribution in [2.45, 2.75) is 26.3 Å². The van der Waals surface area contributed by atoms with Crippen molar-refractivity contribution in [1.82, 2.24) is 0 Å². The third kappa shape index (κ3) is 3.98. The molecule has 0 amide bonds. The number of hydrogen-bond donors (Lipinski definition) is 1. The van der Waals surface area contributed by atoms with Gasteiger partial charge < -0.3 is 10.5 Å². The smallest absolute Gasteiger partial charge is 0.416 e. The van der Waals surface area contributed by atoms with Gasteiger partial charge in [-0.3, -0.25) is 0 Å². The van der Waals surface area contributed by atoms with Gasteiger partial charge in [0.2, 0.25) is 0 Å². The molecule has 0 aliphatic rings. The van der Waals surface area contributed by atoms with Gasteiger partial charge in [0, 0.05) is 6.54 Å². The molecule has 0 atom stereocenters. The summed E-state index contributed by atoms with van der Waals surface area (Å²) in [5.74, 6) is 0.408. The molecular weight excluding hydrogens is 279 g/mol. The van der Waals surface area contributed by atoms with E-state index in [4.69, 9.17) is 10.5 Å². The van der Waals surface area contributed by atoms with E-state index in [0.29, 0.717) is 18.9 Å². The maximum atomic E-state index is 12.4. The van der Waals surface area contributed by atoms with Gasteiger partial charge in [-0.05, 0) is 47.9 Å². The zero-order valence-electron chi connectivity index (χ0n) is 11.6. The second-order valence-electron chi connectivity index (χ2n) is 4.78. The molecule has 0 unspecified atom stereocenters. The number of ether oxygens (including phenoxy) is 1. The molecule has 2 aromatic carbocycles. The van der Waals surface area contributed by atoms with Gasteiger partial charge >= 0.3 is 6.18 Å². The summed E-state index contributed by atoms with van der Waals surface area (Å²) in [4.78, 5) is 0. The molecule has 0 aliphatic heterocycles. The Labute approximate surface area is 121 Å². The van der Waals surface area contributed by atoms with E-state index in [9.17, 15) is 13.2 Å². The highest BCUT2D eigenvalue weighted by Crippen LogP contribution is 2.30. The molecule has 0 aliphatic carbocycles. The number of hydrogen-bond acceptors (Lipinski definition) is 2. The molecule has 5 heteroatoms. The van der Waals surface area contributed by atoms with E-state index in [2.05, 4.69) is 0 Å². The van der Waals surface area contributed by atoms with E-state index in [-0.39, 0.29) is 0 Å². The standard InChI is InChI=1S/C16H16F3NO/c1-11-8-12(9-20)2-3-13(11)10-21-15-6-4-14(5-7-15)16(17,18)19/h2-8H,9-10,20H2,1H3. The Bertz CT molecular complexity index is 606. The molecule has 112 valence electrons. The minimum absolute atomic E-state index is 0.308. The second-order valence-corrected chi connectivity index (χ2v) is 4.78. The number of rotatable bonds is 4. The first-order valence-electron chi connectivity index (χ1n) is 6.48. The summed E-state index contributed by atoms with van der Waals surface area (Å²) < 4.78 is 42.8. The highest BCUT2D eigenvalue weighted by atomic mass is 19.4. The van der Waals surface area contributed by atoms with Crippen LogP contribution in [0.1, 0.15) is 22.3 Å². The molecule has 2 N–H and O–H groups in total. The molecule has 2 nitrogen and oxygen atoms in total. The fraction of sp³-hybridized carbons (Fsp3) is 0.250. The van der Waals surface area contributed by atoms with Crippen LogP contribution in [0, 0.1) is 6.92 Å². The Kier molecular flexibility index (Phi) is 4.53. The molecule has 0 heterocycles.